The molecule has 0 saturated carbocycles. The molecule has 2 aromatic carbocycles. The van der Waals surface area contributed by atoms with Gasteiger partial charge >= 0.3 is 0 Å². The molecule has 3 aromatic rings. The van der Waals surface area contributed by atoms with Gasteiger partial charge in [0, 0.05) is 13.7 Å². The minimum atomic E-state index is -0.744. The number of hydrogen-bond donors (Lipinski definition) is 1. The van der Waals surface area contributed by atoms with Gasteiger partial charge in [-0.2, -0.15) is 0 Å². The summed E-state index contributed by atoms with van der Waals surface area (Å²) in [7, 11) is 1.51. The van der Waals surface area contributed by atoms with Crippen LogP contribution in [0.5, 0.6) is 5.75 Å². The van der Waals surface area contributed by atoms with Crippen molar-refractivity contribution in [1.82, 2.24) is 4.90 Å². The second-order valence-corrected chi connectivity index (χ2v) is 7.03. The van der Waals surface area contributed by atoms with Crippen LogP contribution in [0.3, 0.4) is 0 Å². The summed E-state index contributed by atoms with van der Waals surface area (Å²) in [5.41, 5.74) is 5.52. The zero-order valence-electron chi connectivity index (χ0n) is 16.6. The number of carbonyl (C=O) groups is 2. The number of rotatable bonds is 7. The van der Waals surface area contributed by atoms with Gasteiger partial charge in [0.1, 0.15) is 17.1 Å². The van der Waals surface area contributed by atoms with Crippen LogP contribution >= 0.6 is 0 Å². The lowest BCUT2D eigenvalue weighted by atomic mass is 9.98. The topological polar surface area (TPSA) is 112 Å². The molecule has 0 bridgehead atoms. The molecule has 4 rings (SSSR count). The van der Waals surface area contributed by atoms with Gasteiger partial charge in [-0.25, -0.2) is 4.39 Å². The lowest BCUT2D eigenvalue weighted by molar-refractivity contribution is -0.119. The predicted octanol–water partition coefficient (Wildman–Crippen LogP) is 1.99. The maximum Gasteiger partial charge on any atom is 0.290 e. The van der Waals surface area contributed by atoms with Crippen LogP contribution in [-0.4, -0.2) is 43.6 Å². The third kappa shape index (κ3) is 3.75. The van der Waals surface area contributed by atoms with Crippen molar-refractivity contribution < 1.29 is 27.9 Å². The number of nitrogens with two attached hydrogens (primary N) is 1. The number of nitrogens with zero attached hydrogens (tertiary/aromatic N) is 1. The Labute approximate surface area is 176 Å². The molecule has 9 heteroatoms. The first-order valence-corrected chi connectivity index (χ1v) is 9.48. The molecule has 2 amide bonds. The first kappa shape index (κ1) is 20.5. The lowest BCUT2D eigenvalue weighted by Gasteiger charge is -2.25. The Morgan fingerprint density at radius 2 is 1.94 bits per heavy atom. The predicted molar refractivity (Wildman–Crippen MR) is 108 cm³/mol. The van der Waals surface area contributed by atoms with E-state index in [4.69, 9.17) is 19.6 Å². The first-order chi connectivity index (χ1) is 14.9. The normalized spacial score (nSPS) is 15.4. The third-order valence-corrected chi connectivity index (χ3v) is 5.04. The van der Waals surface area contributed by atoms with E-state index in [1.54, 1.807) is 24.3 Å². The number of methoxy groups -OCH3 is 1. The van der Waals surface area contributed by atoms with Gasteiger partial charge in [-0.05, 0) is 35.9 Å². The molecule has 0 spiro atoms. The van der Waals surface area contributed by atoms with Crippen LogP contribution in [0.2, 0.25) is 0 Å². The lowest BCUT2D eigenvalue weighted by Crippen LogP contribution is -2.32. The quantitative estimate of drug-likeness (QED) is 0.618. The number of amides is 2. The molecule has 0 aliphatic carbocycles. The van der Waals surface area contributed by atoms with E-state index in [-0.39, 0.29) is 42.1 Å². The van der Waals surface area contributed by atoms with Crippen molar-refractivity contribution in [2.45, 2.75) is 6.04 Å². The molecule has 0 unspecified atom stereocenters. The van der Waals surface area contributed by atoms with E-state index < -0.39 is 29.1 Å². The number of fused-ring (bicyclic) bond motifs is 2. The maximum atomic E-state index is 13.8. The van der Waals surface area contributed by atoms with Gasteiger partial charge in [0.2, 0.25) is 5.76 Å². The molecule has 1 aromatic heterocycles. The average Bonchev–Trinajstić information content (AvgIpc) is 3.03. The summed E-state index contributed by atoms with van der Waals surface area (Å²) in [6.45, 7) is 0.192. The maximum absolute atomic E-state index is 13.8. The molecule has 160 valence electrons. The molecule has 2 N–H and O–H groups in total. The van der Waals surface area contributed by atoms with Crippen LogP contribution in [0, 0.1) is 5.82 Å². The standard InChI is InChI=1S/C22H19FN2O6/c1-29-9-8-25-19(12-2-5-14(6-3-12)30-11-17(24)26)18-20(27)15-10-13(23)4-7-16(15)31-21(18)22(25)28/h2-7,10,19H,8-9,11H2,1H3,(H2,24,26)/t19-/m1/s1. The Morgan fingerprint density at radius 3 is 2.61 bits per heavy atom. The second-order valence-electron chi connectivity index (χ2n) is 7.03. The SMILES string of the molecule is COCCN1C(=O)c2oc3ccc(F)cc3c(=O)c2[C@H]1c1ccc(OCC(N)=O)cc1. The Bertz CT molecular complexity index is 1220. The molecular formula is C22H19FN2O6. The fourth-order valence-corrected chi connectivity index (χ4v) is 3.66. The summed E-state index contributed by atoms with van der Waals surface area (Å²) < 4.78 is 29.9. The summed E-state index contributed by atoms with van der Waals surface area (Å²) >= 11 is 0. The zero-order valence-corrected chi connectivity index (χ0v) is 16.6. The Kier molecular flexibility index (Phi) is 5.43. The van der Waals surface area contributed by atoms with Gasteiger partial charge in [-0.1, -0.05) is 12.1 Å². The number of ether oxygens (including phenoxy) is 2. The molecule has 31 heavy (non-hydrogen) atoms. The van der Waals surface area contributed by atoms with Gasteiger partial charge < -0.3 is 24.5 Å². The van der Waals surface area contributed by atoms with E-state index in [1.807, 2.05) is 0 Å². The van der Waals surface area contributed by atoms with Gasteiger partial charge in [-0.3, -0.25) is 14.4 Å². The number of hydrogen-bond acceptors (Lipinski definition) is 6. The van der Waals surface area contributed by atoms with E-state index in [1.165, 1.54) is 24.1 Å². The summed E-state index contributed by atoms with van der Waals surface area (Å²) in [6, 6.07) is 9.43. The van der Waals surface area contributed by atoms with Crippen molar-refractivity contribution in [3.8, 4) is 5.75 Å². The van der Waals surface area contributed by atoms with Crippen molar-refractivity contribution in [3.05, 3.63) is 75.4 Å². The fraction of sp³-hybridized carbons (Fsp3) is 0.227. The number of carbonyl (C=O) groups excluding carboxylic acids is 2. The highest BCUT2D eigenvalue weighted by molar-refractivity contribution is 5.99. The van der Waals surface area contributed by atoms with Crippen LogP contribution in [-0.2, 0) is 9.53 Å². The number of halogens is 1. The van der Waals surface area contributed by atoms with E-state index in [9.17, 15) is 18.8 Å². The molecule has 1 aliphatic rings. The van der Waals surface area contributed by atoms with Crippen molar-refractivity contribution >= 4 is 22.8 Å². The molecule has 0 fully saturated rings. The minimum Gasteiger partial charge on any atom is -0.484 e. The van der Waals surface area contributed by atoms with E-state index in [2.05, 4.69) is 0 Å². The summed E-state index contributed by atoms with van der Waals surface area (Å²) in [5, 5.41) is 0.0616. The van der Waals surface area contributed by atoms with Gasteiger partial charge in [0.25, 0.3) is 11.8 Å². The summed E-state index contributed by atoms with van der Waals surface area (Å²) in [5.74, 6) is -1.30. The number of primary amides is 1. The molecule has 0 radical (unpaired) electrons. The molecular weight excluding hydrogens is 407 g/mol. The van der Waals surface area contributed by atoms with E-state index >= 15 is 0 Å². The van der Waals surface area contributed by atoms with Gasteiger partial charge in [0.15, 0.2) is 12.0 Å². The van der Waals surface area contributed by atoms with Crippen molar-refractivity contribution in [2.24, 2.45) is 5.73 Å². The van der Waals surface area contributed by atoms with Crippen molar-refractivity contribution in [1.29, 1.82) is 0 Å². The van der Waals surface area contributed by atoms with Crippen LogP contribution in [0.1, 0.15) is 27.7 Å². The molecule has 8 nitrogen and oxygen atoms in total. The smallest absolute Gasteiger partial charge is 0.290 e. The highest BCUT2D eigenvalue weighted by Gasteiger charge is 2.42. The molecule has 0 saturated heterocycles. The third-order valence-electron chi connectivity index (χ3n) is 5.04. The zero-order chi connectivity index (χ0) is 22.1. The Hall–Kier alpha value is -3.72. The van der Waals surface area contributed by atoms with E-state index in [0.29, 0.717) is 11.3 Å². The minimum absolute atomic E-state index is 0.0616. The van der Waals surface area contributed by atoms with E-state index in [0.717, 1.165) is 6.07 Å². The summed E-state index contributed by atoms with van der Waals surface area (Å²) in [4.78, 5) is 38.7. The summed E-state index contributed by atoms with van der Waals surface area (Å²) in [6.07, 6.45) is 0. The number of benzene rings is 2. The highest BCUT2D eigenvalue weighted by Crippen LogP contribution is 2.38. The van der Waals surface area contributed by atoms with Crippen LogP contribution in [0.25, 0.3) is 11.0 Å². The first-order valence-electron chi connectivity index (χ1n) is 9.48. The molecule has 1 atom stereocenters. The van der Waals surface area contributed by atoms with Crippen molar-refractivity contribution in [2.75, 3.05) is 26.9 Å². The Morgan fingerprint density at radius 1 is 1.19 bits per heavy atom. The van der Waals surface area contributed by atoms with Gasteiger partial charge in [0.05, 0.1) is 23.6 Å². The highest BCUT2D eigenvalue weighted by atomic mass is 19.1. The van der Waals surface area contributed by atoms with Crippen molar-refractivity contribution in [3.63, 3.8) is 0 Å². The second kappa shape index (κ2) is 8.19. The molecule has 1 aliphatic heterocycles. The monoisotopic (exact) mass is 426 g/mol. The van der Waals surface area contributed by atoms with Crippen LogP contribution < -0.4 is 15.9 Å². The largest absolute Gasteiger partial charge is 0.484 e. The molecule has 2 heterocycles. The average molecular weight is 426 g/mol. The Balaban J connectivity index is 1.82. The van der Waals surface area contributed by atoms with Crippen LogP contribution in [0.15, 0.2) is 51.7 Å². The van der Waals surface area contributed by atoms with Crippen LogP contribution in [0.4, 0.5) is 4.39 Å². The van der Waals surface area contributed by atoms with Gasteiger partial charge in [-0.15, -0.1) is 0 Å². The fourth-order valence-electron chi connectivity index (χ4n) is 3.66.